The third-order valence-electron chi connectivity index (χ3n) is 7.90. The summed E-state index contributed by atoms with van der Waals surface area (Å²) in [4.78, 5) is 11.9. The Morgan fingerprint density at radius 2 is 1.87 bits per heavy atom. The normalized spacial score (nSPS) is 17.8. The summed E-state index contributed by atoms with van der Waals surface area (Å²) >= 11 is 0. The number of anilines is 2. The Balaban J connectivity index is 1.32. The number of nitrogen functional groups attached to an aromatic ring is 1. The van der Waals surface area contributed by atoms with Gasteiger partial charge in [-0.1, -0.05) is 26.0 Å². The van der Waals surface area contributed by atoms with Crippen LogP contribution in [0.1, 0.15) is 56.2 Å². The molecule has 3 aromatic heterocycles. The van der Waals surface area contributed by atoms with Gasteiger partial charge in [0.1, 0.15) is 39.3 Å². The molecule has 1 atom stereocenters. The quantitative estimate of drug-likeness (QED) is 0.217. The Bertz CT molecular complexity index is 1890. The zero-order chi connectivity index (χ0) is 32.1. The van der Waals surface area contributed by atoms with Gasteiger partial charge in [-0.2, -0.15) is 13.2 Å². The van der Waals surface area contributed by atoms with E-state index >= 15 is 4.39 Å². The molecular formula is C30H31F4N7O3S. The molecule has 0 amide bonds. The highest BCUT2D eigenvalue weighted by Crippen LogP contribution is 2.37. The topological polar surface area (TPSA) is 137 Å². The van der Waals surface area contributed by atoms with E-state index in [0.717, 1.165) is 55.9 Å². The van der Waals surface area contributed by atoms with Gasteiger partial charge in [0, 0.05) is 23.7 Å². The van der Waals surface area contributed by atoms with Crippen molar-refractivity contribution >= 4 is 32.6 Å². The van der Waals surface area contributed by atoms with Gasteiger partial charge in [-0.15, -0.1) is 0 Å². The Morgan fingerprint density at radius 1 is 1.09 bits per heavy atom. The van der Waals surface area contributed by atoms with E-state index in [-0.39, 0.29) is 11.7 Å². The first-order chi connectivity index (χ1) is 21.3. The molecule has 15 heteroatoms. The largest absolute Gasteiger partial charge is 0.433 e. The van der Waals surface area contributed by atoms with Gasteiger partial charge in [0.25, 0.3) is 10.0 Å². The molecule has 0 spiro atoms. The van der Waals surface area contributed by atoms with E-state index in [9.17, 15) is 21.6 Å². The number of alkyl halides is 3. The first-order valence-corrected chi connectivity index (χ1v) is 15.9. The summed E-state index contributed by atoms with van der Waals surface area (Å²) in [6.45, 7) is 5.44. The van der Waals surface area contributed by atoms with Gasteiger partial charge >= 0.3 is 6.18 Å². The Kier molecular flexibility index (Phi) is 8.03. The number of rotatable bonds is 8. The predicted octanol–water partition coefficient (Wildman–Crippen LogP) is 5.38. The van der Waals surface area contributed by atoms with Gasteiger partial charge < -0.3 is 15.8 Å². The van der Waals surface area contributed by atoms with Crippen LogP contribution in [0.4, 0.5) is 29.1 Å². The number of nitrogens with two attached hydrogens (primary N) is 1. The summed E-state index contributed by atoms with van der Waals surface area (Å²) in [6, 6.07) is 5.88. The number of hydrogen-bond donors (Lipinski definition) is 3. The lowest BCUT2D eigenvalue weighted by molar-refractivity contribution is -0.141. The number of benzene rings is 1. The van der Waals surface area contributed by atoms with Gasteiger partial charge in [-0.25, -0.2) is 22.8 Å². The number of aromatic nitrogens is 4. The smallest absolute Gasteiger partial charge is 0.382 e. The van der Waals surface area contributed by atoms with Crippen LogP contribution >= 0.6 is 0 Å². The molecule has 6 rings (SSSR count). The van der Waals surface area contributed by atoms with Gasteiger partial charge in [0.15, 0.2) is 0 Å². The van der Waals surface area contributed by atoms with Gasteiger partial charge in [-0.05, 0) is 49.1 Å². The number of allylic oxidation sites excluding steroid dienone is 1. The highest BCUT2D eigenvalue weighted by atomic mass is 32.2. The molecule has 4 aromatic rings. The lowest BCUT2D eigenvalue weighted by Gasteiger charge is -2.33. The molecule has 0 radical (unpaired) electrons. The number of halogens is 4. The van der Waals surface area contributed by atoms with Crippen molar-refractivity contribution in [2.75, 3.05) is 23.7 Å². The molecule has 238 valence electrons. The summed E-state index contributed by atoms with van der Waals surface area (Å²) in [6.07, 6.45) is 2.37. The van der Waals surface area contributed by atoms with E-state index in [1.807, 2.05) is 18.2 Å². The second-order valence-electron chi connectivity index (χ2n) is 11.5. The molecule has 45 heavy (non-hydrogen) atoms. The lowest BCUT2D eigenvalue weighted by atomic mass is 9.92. The summed E-state index contributed by atoms with van der Waals surface area (Å²) in [7, 11) is -4.44. The second-order valence-corrected chi connectivity index (χ2v) is 13.1. The van der Waals surface area contributed by atoms with Gasteiger partial charge in [0.2, 0.25) is 0 Å². The molecule has 1 aliphatic heterocycles. The molecule has 4 N–H and O–H groups in total. The average molecular weight is 646 g/mol. The first kappa shape index (κ1) is 30.9. The number of imidazole rings is 1. The Morgan fingerprint density at radius 3 is 2.44 bits per heavy atom. The molecule has 0 bridgehead atoms. The molecular weight excluding hydrogens is 614 g/mol. The molecule has 0 saturated carbocycles. The number of nitrogens with zero attached hydrogens (tertiary/aromatic N) is 4. The summed E-state index contributed by atoms with van der Waals surface area (Å²) in [5.41, 5.74) is 7.92. The van der Waals surface area contributed by atoms with Crippen molar-refractivity contribution in [3.8, 4) is 11.3 Å². The monoisotopic (exact) mass is 645 g/mol. The fourth-order valence-corrected chi connectivity index (χ4v) is 6.53. The van der Waals surface area contributed by atoms with Crippen LogP contribution in [0.3, 0.4) is 0 Å². The Labute approximate surface area is 256 Å². The van der Waals surface area contributed by atoms with E-state index in [4.69, 9.17) is 15.5 Å². The fraction of sp³-hybridized carbons (Fsp3) is 0.367. The maximum Gasteiger partial charge on any atom is 0.433 e. The van der Waals surface area contributed by atoms with E-state index in [1.54, 1.807) is 6.20 Å². The predicted molar refractivity (Wildman–Crippen MR) is 160 cm³/mol. The minimum atomic E-state index is -4.73. The van der Waals surface area contributed by atoms with Crippen molar-refractivity contribution in [1.82, 2.24) is 24.7 Å². The van der Waals surface area contributed by atoms with Crippen molar-refractivity contribution in [1.29, 1.82) is 0 Å². The molecule has 1 aromatic carbocycles. The van der Waals surface area contributed by atoms with Crippen molar-refractivity contribution in [3.63, 3.8) is 0 Å². The highest BCUT2D eigenvalue weighted by molar-refractivity contribution is 7.92. The molecule has 1 aliphatic carbocycles. The molecule has 10 nitrogen and oxygen atoms in total. The van der Waals surface area contributed by atoms with Crippen LogP contribution < -0.4 is 15.8 Å². The van der Waals surface area contributed by atoms with E-state index in [0.29, 0.717) is 46.9 Å². The standard InChI is InChI=1S/C30H31F4N7O3S/c1-16(2)29-39-26(27-28(35)37-13-24(41(27)29)17-3-6-19(7-4-17)38-20-14-44-15-20)18-5-9-23(22(31)11-18)40-45(42,43)21-8-10-25(36-12-21)30(32,33)34/h3,5,8-13,16,19-20,38,40H,4,6-7,14-15H2,1-2H3,(H2,35,37)/t19-/m0/s1. The third-order valence-corrected chi connectivity index (χ3v) is 9.25. The molecule has 0 unspecified atom stereocenters. The summed E-state index contributed by atoms with van der Waals surface area (Å²) in [5.74, 6) is -0.0421. The van der Waals surface area contributed by atoms with E-state index in [2.05, 4.69) is 26.1 Å². The molecule has 1 fully saturated rings. The lowest BCUT2D eigenvalue weighted by Crippen LogP contribution is -2.50. The maximum absolute atomic E-state index is 15.4. The van der Waals surface area contributed by atoms with Crippen LogP contribution in [0.15, 0.2) is 53.7 Å². The van der Waals surface area contributed by atoms with Crippen LogP contribution in [0.5, 0.6) is 0 Å². The minimum Gasteiger partial charge on any atom is -0.382 e. The number of ether oxygens (including phenoxy) is 1. The number of hydrogen-bond acceptors (Lipinski definition) is 8. The summed E-state index contributed by atoms with van der Waals surface area (Å²) < 4.78 is 88.8. The van der Waals surface area contributed by atoms with Crippen molar-refractivity contribution < 1.29 is 30.7 Å². The van der Waals surface area contributed by atoms with Crippen molar-refractivity contribution in [2.24, 2.45) is 0 Å². The van der Waals surface area contributed by atoms with Crippen LogP contribution in [0, 0.1) is 5.82 Å². The van der Waals surface area contributed by atoms with Gasteiger partial charge in [0.05, 0.1) is 36.8 Å². The minimum absolute atomic E-state index is 0.0303. The SMILES string of the molecule is CC(C)c1nc(-c2ccc(NS(=O)(=O)c3ccc(C(F)(F)F)nc3)c(F)c2)c2c(N)ncc(C3=CC[C@H](NC4COC4)CC3)n12. The van der Waals surface area contributed by atoms with Crippen molar-refractivity contribution in [3.05, 3.63) is 71.8 Å². The number of sulfonamides is 1. The van der Waals surface area contributed by atoms with Crippen LogP contribution in [0.2, 0.25) is 0 Å². The number of pyridine rings is 1. The molecule has 1 saturated heterocycles. The van der Waals surface area contributed by atoms with E-state index in [1.165, 1.54) is 12.1 Å². The van der Waals surface area contributed by atoms with Crippen LogP contribution in [-0.2, 0) is 20.9 Å². The number of nitrogens with one attached hydrogen (secondary N) is 2. The van der Waals surface area contributed by atoms with Crippen LogP contribution in [-0.4, -0.2) is 53.1 Å². The molecule has 4 heterocycles. The fourth-order valence-electron chi connectivity index (χ4n) is 5.52. The number of fused-ring (bicyclic) bond motifs is 1. The van der Waals surface area contributed by atoms with Crippen molar-refractivity contribution in [2.45, 2.75) is 62.2 Å². The zero-order valence-electron chi connectivity index (χ0n) is 24.4. The highest BCUT2D eigenvalue weighted by Gasteiger charge is 2.33. The van der Waals surface area contributed by atoms with Gasteiger partial charge in [-0.3, -0.25) is 14.1 Å². The third kappa shape index (κ3) is 6.11. The Hall–Kier alpha value is -4.08. The first-order valence-electron chi connectivity index (χ1n) is 14.4. The van der Waals surface area contributed by atoms with E-state index < -0.39 is 38.3 Å². The maximum atomic E-state index is 15.4. The zero-order valence-corrected chi connectivity index (χ0v) is 25.2. The second kappa shape index (κ2) is 11.7. The average Bonchev–Trinajstić information content (AvgIpc) is 3.38. The van der Waals surface area contributed by atoms with Crippen LogP contribution in [0.25, 0.3) is 22.3 Å². The summed E-state index contributed by atoms with van der Waals surface area (Å²) in [5, 5.41) is 3.62. The molecule has 2 aliphatic rings.